The van der Waals surface area contributed by atoms with Crippen molar-refractivity contribution in [3.8, 4) is 0 Å². The fraction of sp³-hybridized carbons (Fsp3) is 0.389. The highest BCUT2D eigenvalue weighted by atomic mass is 16.2. The van der Waals surface area contributed by atoms with Crippen LogP contribution < -0.4 is 5.43 Å². The zero-order valence-corrected chi connectivity index (χ0v) is 13.0. The van der Waals surface area contributed by atoms with Crippen molar-refractivity contribution in [1.29, 1.82) is 0 Å². The quantitative estimate of drug-likeness (QED) is 0.670. The van der Waals surface area contributed by atoms with Gasteiger partial charge < -0.3 is 0 Å². The van der Waals surface area contributed by atoms with Gasteiger partial charge in [0.2, 0.25) is 12.2 Å². The third-order valence-electron chi connectivity index (χ3n) is 3.93. The first kappa shape index (κ1) is 16.9. The van der Waals surface area contributed by atoms with Crippen LogP contribution in [0.1, 0.15) is 37.7 Å². The van der Waals surface area contributed by atoms with Gasteiger partial charge in [0.05, 0.1) is 0 Å². The zero-order valence-electron chi connectivity index (χ0n) is 13.0. The van der Waals surface area contributed by atoms with E-state index in [-0.39, 0.29) is 18.4 Å². The summed E-state index contributed by atoms with van der Waals surface area (Å²) in [7, 11) is 0. The Kier molecular flexibility index (Phi) is 6.54. The molecule has 121 valence electrons. The molecule has 1 fully saturated rings. The number of hydrogen-bond donors (Lipinski definition) is 1. The van der Waals surface area contributed by atoms with Gasteiger partial charge in [0.25, 0.3) is 5.91 Å². The number of nitrogens with zero attached hydrogens (tertiary/aromatic N) is 1. The molecule has 0 atom stereocenters. The molecule has 1 radical (unpaired) electrons. The lowest BCUT2D eigenvalue weighted by molar-refractivity contribution is -0.139. The molecule has 1 N–H and O–H groups in total. The molecule has 1 aliphatic rings. The van der Waals surface area contributed by atoms with Gasteiger partial charge in [-0.1, -0.05) is 49.6 Å². The Labute approximate surface area is 136 Å². The summed E-state index contributed by atoms with van der Waals surface area (Å²) in [5.41, 5.74) is 3.42. The Bertz CT molecular complexity index is 563. The highest BCUT2D eigenvalue weighted by Crippen LogP contribution is 2.23. The maximum Gasteiger partial charge on any atom is 0.265 e. The molecule has 2 amide bonds. The number of hydrazine groups is 1. The fourth-order valence-electron chi connectivity index (χ4n) is 2.65. The van der Waals surface area contributed by atoms with E-state index in [1.807, 2.05) is 30.3 Å². The van der Waals surface area contributed by atoms with Gasteiger partial charge >= 0.3 is 0 Å². The Hall–Kier alpha value is -2.43. The molecule has 2 rings (SSSR count). The predicted molar refractivity (Wildman–Crippen MR) is 87.6 cm³/mol. The average molecular weight is 313 g/mol. The topological polar surface area (TPSA) is 66.5 Å². The Morgan fingerprint density at radius 2 is 1.87 bits per heavy atom. The van der Waals surface area contributed by atoms with Gasteiger partial charge in [0.1, 0.15) is 6.54 Å². The predicted octanol–water partition coefficient (Wildman–Crippen LogP) is 2.25. The number of nitrogens with one attached hydrogen (secondary N) is 1. The van der Waals surface area contributed by atoms with Crippen molar-refractivity contribution in [2.75, 3.05) is 6.54 Å². The number of amides is 2. The van der Waals surface area contributed by atoms with E-state index < -0.39 is 5.91 Å². The molecule has 0 bridgehead atoms. The molecule has 1 aromatic rings. The van der Waals surface area contributed by atoms with E-state index in [0.29, 0.717) is 0 Å². The van der Waals surface area contributed by atoms with Crippen LogP contribution in [-0.2, 0) is 14.4 Å². The van der Waals surface area contributed by atoms with Gasteiger partial charge in [0, 0.05) is 12.0 Å². The van der Waals surface area contributed by atoms with Gasteiger partial charge in [-0.2, -0.15) is 0 Å². The molecule has 0 unspecified atom stereocenters. The van der Waals surface area contributed by atoms with Crippen LogP contribution in [0.15, 0.2) is 36.4 Å². The van der Waals surface area contributed by atoms with Crippen molar-refractivity contribution in [3.05, 3.63) is 42.0 Å². The van der Waals surface area contributed by atoms with Gasteiger partial charge in [0.15, 0.2) is 0 Å². The van der Waals surface area contributed by atoms with Crippen molar-refractivity contribution in [2.45, 2.75) is 32.1 Å². The first-order valence-electron chi connectivity index (χ1n) is 7.91. The monoisotopic (exact) mass is 313 g/mol. The summed E-state index contributed by atoms with van der Waals surface area (Å²) in [4.78, 5) is 35.0. The molecule has 1 aromatic carbocycles. The molecule has 23 heavy (non-hydrogen) atoms. The van der Waals surface area contributed by atoms with Gasteiger partial charge in [-0.15, -0.1) is 0 Å². The largest absolute Gasteiger partial charge is 0.289 e. The standard InChI is InChI=1S/C18H21N2O3/c21-14-13-20(19-18(23)16-9-5-2-6-10-16)17(22)12-11-15-7-3-1-4-8-15/h1,3-4,7-8,11-12,16H,2,5-6,9-10,13H2,(H,19,23)/b12-11+. The van der Waals surface area contributed by atoms with E-state index in [1.165, 1.54) is 6.08 Å². The second-order valence-electron chi connectivity index (χ2n) is 5.62. The number of rotatable bonds is 5. The minimum absolute atomic E-state index is 0.0798. The summed E-state index contributed by atoms with van der Waals surface area (Å²) in [6.45, 7) is -0.281. The lowest BCUT2D eigenvalue weighted by Crippen LogP contribution is -2.48. The van der Waals surface area contributed by atoms with E-state index in [4.69, 9.17) is 0 Å². The number of hydrogen-bond acceptors (Lipinski definition) is 3. The minimum Gasteiger partial charge on any atom is -0.289 e. The highest BCUT2D eigenvalue weighted by Gasteiger charge is 2.23. The Morgan fingerprint density at radius 1 is 1.17 bits per heavy atom. The van der Waals surface area contributed by atoms with Crippen LogP contribution in [0.4, 0.5) is 0 Å². The molecule has 0 heterocycles. The van der Waals surface area contributed by atoms with E-state index in [0.717, 1.165) is 42.7 Å². The Morgan fingerprint density at radius 3 is 2.52 bits per heavy atom. The van der Waals surface area contributed by atoms with Gasteiger partial charge in [-0.05, 0) is 24.5 Å². The van der Waals surface area contributed by atoms with Crippen LogP contribution in [0.5, 0.6) is 0 Å². The SMILES string of the molecule is O=[C]CN(NC(=O)C1CCCCC1)C(=O)/C=C/c1ccccc1. The molecule has 0 spiro atoms. The highest BCUT2D eigenvalue weighted by molar-refractivity contribution is 5.94. The summed E-state index contributed by atoms with van der Waals surface area (Å²) in [6.07, 6.45) is 9.51. The van der Waals surface area contributed by atoms with E-state index in [2.05, 4.69) is 5.43 Å². The molecule has 1 aliphatic carbocycles. The van der Waals surface area contributed by atoms with Crippen molar-refractivity contribution >= 4 is 24.2 Å². The first-order chi connectivity index (χ1) is 11.2. The number of benzene rings is 1. The summed E-state index contributed by atoms with van der Waals surface area (Å²) in [5, 5.41) is 1.02. The number of carbonyl (C=O) groups is 2. The molecule has 5 heteroatoms. The van der Waals surface area contributed by atoms with Crippen molar-refractivity contribution < 1.29 is 14.4 Å². The van der Waals surface area contributed by atoms with Crippen LogP contribution in [0, 0.1) is 5.92 Å². The van der Waals surface area contributed by atoms with Crippen molar-refractivity contribution in [2.24, 2.45) is 5.92 Å². The van der Waals surface area contributed by atoms with Crippen LogP contribution >= 0.6 is 0 Å². The molecule has 0 saturated heterocycles. The van der Waals surface area contributed by atoms with Crippen LogP contribution in [0.25, 0.3) is 6.08 Å². The van der Waals surface area contributed by atoms with Gasteiger partial charge in [-0.25, -0.2) is 5.01 Å². The molecule has 5 nitrogen and oxygen atoms in total. The maximum atomic E-state index is 12.2. The maximum absolute atomic E-state index is 12.2. The lowest BCUT2D eigenvalue weighted by atomic mass is 9.89. The first-order valence-corrected chi connectivity index (χ1v) is 7.91. The van der Waals surface area contributed by atoms with Gasteiger partial charge in [-0.3, -0.25) is 19.8 Å². The molecular formula is C18H21N2O3. The van der Waals surface area contributed by atoms with Crippen molar-refractivity contribution in [1.82, 2.24) is 10.4 Å². The molecular weight excluding hydrogens is 292 g/mol. The normalized spacial score (nSPS) is 15.3. The summed E-state index contributed by atoms with van der Waals surface area (Å²) in [5.74, 6) is -0.716. The summed E-state index contributed by atoms with van der Waals surface area (Å²) >= 11 is 0. The van der Waals surface area contributed by atoms with Crippen molar-refractivity contribution in [3.63, 3.8) is 0 Å². The summed E-state index contributed by atoms with van der Waals surface area (Å²) in [6, 6.07) is 9.34. The van der Waals surface area contributed by atoms with E-state index >= 15 is 0 Å². The van der Waals surface area contributed by atoms with Crippen LogP contribution in [0.3, 0.4) is 0 Å². The smallest absolute Gasteiger partial charge is 0.265 e. The average Bonchev–Trinajstić information content (AvgIpc) is 2.61. The third kappa shape index (κ3) is 5.36. The van der Waals surface area contributed by atoms with E-state index in [1.54, 1.807) is 12.4 Å². The zero-order chi connectivity index (χ0) is 16.5. The van der Waals surface area contributed by atoms with Crippen LogP contribution in [0.2, 0.25) is 0 Å². The molecule has 1 saturated carbocycles. The second kappa shape index (κ2) is 8.88. The Balaban J connectivity index is 1.96. The second-order valence-corrected chi connectivity index (χ2v) is 5.62. The van der Waals surface area contributed by atoms with Crippen LogP contribution in [-0.4, -0.2) is 29.7 Å². The number of carbonyl (C=O) groups excluding carboxylic acids is 3. The third-order valence-corrected chi connectivity index (χ3v) is 3.93. The molecule has 0 aliphatic heterocycles. The van der Waals surface area contributed by atoms with E-state index in [9.17, 15) is 14.4 Å². The fourth-order valence-corrected chi connectivity index (χ4v) is 2.65. The molecule has 0 aromatic heterocycles. The minimum atomic E-state index is -0.443. The summed E-state index contributed by atoms with van der Waals surface area (Å²) < 4.78 is 0. The lowest BCUT2D eigenvalue weighted by Gasteiger charge is -2.25.